The summed E-state index contributed by atoms with van der Waals surface area (Å²) in [5.41, 5.74) is 4.86. The van der Waals surface area contributed by atoms with Gasteiger partial charge in [0.1, 0.15) is 5.56 Å². The van der Waals surface area contributed by atoms with E-state index >= 15 is 0 Å². The largest absolute Gasteiger partial charge is 0.417 e. The second kappa shape index (κ2) is 9.18. The number of halogens is 3. The normalized spacial score (nSPS) is 23.9. The molecule has 0 spiro atoms. The average Bonchev–Trinajstić information content (AvgIpc) is 3.61. The molecule has 0 bridgehead atoms. The fraction of sp³-hybridized carbons (Fsp3) is 0.500. The van der Waals surface area contributed by atoms with Gasteiger partial charge in [0, 0.05) is 30.4 Å². The Morgan fingerprint density at radius 1 is 1.23 bits per heavy atom. The first kappa shape index (κ1) is 26.5. The molecule has 2 aromatic heterocycles. The lowest BCUT2D eigenvalue weighted by molar-refractivity contribution is -0.137. The summed E-state index contributed by atoms with van der Waals surface area (Å²) in [6, 6.07) is 3.75. The number of carbonyl (C=O) groups excluding carboxylic acids is 2. The Hall–Kier alpha value is -3.67. The van der Waals surface area contributed by atoms with E-state index in [1.807, 2.05) is 6.92 Å². The van der Waals surface area contributed by atoms with Gasteiger partial charge in [-0.05, 0) is 82.1 Å². The van der Waals surface area contributed by atoms with Crippen LogP contribution in [0.15, 0.2) is 24.4 Å². The molecule has 4 N–H and O–H groups in total. The predicted octanol–water partition coefficient (Wildman–Crippen LogP) is 4.18. The molecule has 2 fully saturated rings. The van der Waals surface area contributed by atoms with Crippen LogP contribution in [-0.2, 0) is 12.7 Å². The van der Waals surface area contributed by atoms with Gasteiger partial charge in [-0.3, -0.25) is 9.59 Å². The van der Waals surface area contributed by atoms with E-state index in [9.17, 15) is 27.9 Å². The minimum atomic E-state index is -4.74. The van der Waals surface area contributed by atoms with Crippen LogP contribution in [0.1, 0.15) is 84.2 Å². The van der Waals surface area contributed by atoms with E-state index in [2.05, 4.69) is 15.4 Å². The average molecular weight is 557 g/mol. The van der Waals surface area contributed by atoms with Crippen molar-refractivity contribution in [1.29, 1.82) is 0 Å². The number of hydrogen-bond acceptors (Lipinski definition) is 6. The van der Waals surface area contributed by atoms with Gasteiger partial charge in [-0.15, -0.1) is 5.10 Å². The molecule has 6 rings (SSSR count). The summed E-state index contributed by atoms with van der Waals surface area (Å²) in [6.07, 6.45) is 0.976. The second-order valence-corrected chi connectivity index (χ2v) is 11.7. The molecule has 1 unspecified atom stereocenters. The highest BCUT2D eigenvalue weighted by atomic mass is 19.4. The predicted molar refractivity (Wildman–Crippen MR) is 140 cm³/mol. The van der Waals surface area contributed by atoms with Crippen LogP contribution in [0.25, 0.3) is 16.9 Å². The molecule has 3 heterocycles. The first-order valence-electron chi connectivity index (χ1n) is 13.6. The zero-order valence-corrected chi connectivity index (χ0v) is 22.3. The van der Waals surface area contributed by atoms with Gasteiger partial charge in [0.25, 0.3) is 11.8 Å². The van der Waals surface area contributed by atoms with Crippen molar-refractivity contribution in [3.63, 3.8) is 0 Å². The molecule has 3 aromatic rings. The molecule has 2 aliphatic carbocycles. The van der Waals surface area contributed by atoms with Crippen LogP contribution < -0.4 is 11.1 Å². The molecule has 1 aliphatic heterocycles. The van der Waals surface area contributed by atoms with E-state index in [0.717, 1.165) is 18.9 Å². The SMILES string of the molecule is CC(C1CC1)N1Cc2cc(-c3ccn4nc(N)c(C(=O)N[C@H]5CC[C@@](C)(O)CC5)c4n3)cc(C(F)(F)F)c2C1=O. The Labute approximate surface area is 228 Å². The third-order valence-electron chi connectivity index (χ3n) is 8.57. The third-order valence-corrected chi connectivity index (χ3v) is 8.57. The molecule has 1 aromatic carbocycles. The quantitative estimate of drug-likeness (QED) is 0.433. The summed E-state index contributed by atoms with van der Waals surface area (Å²) in [6.45, 7) is 3.76. The Balaban J connectivity index is 1.36. The Bertz CT molecular complexity index is 1520. The number of nitrogens with one attached hydrogen (secondary N) is 1. The van der Waals surface area contributed by atoms with Crippen molar-refractivity contribution in [2.45, 2.75) is 82.8 Å². The number of aromatic nitrogens is 3. The lowest BCUT2D eigenvalue weighted by atomic mass is 9.83. The van der Waals surface area contributed by atoms with Crippen molar-refractivity contribution in [2.75, 3.05) is 5.73 Å². The van der Waals surface area contributed by atoms with Crippen LogP contribution in [0, 0.1) is 5.92 Å². The summed E-state index contributed by atoms with van der Waals surface area (Å²) in [7, 11) is 0. The molecular weight excluding hydrogens is 525 g/mol. The number of benzene rings is 1. The van der Waals surface area contributed by atoms with Crippen LogP contribution in [0.5, 0.6) is 0 Å². The topological polar surface area (TPSA) is 126 Å². The number of carbonyl (C=O) groups is 2. The zero-order chi connectivity index (χ0) is 28.6. The molecular formula is C28H31F3N6O3. The first-order chi connectivity index (χ1) is 18.8. The fourth-order valence-corrected chi connectivity index (χ4v) is 5.98. The number of nitrogens with two attached hydrogens (primary N) is 1. The van der Waals surface area contributed by atoms with Gasteiger partial charge in [-0.1, -0.05) is 0 Å². The summed E-state index contributed by atoms with van der Waals surface area (Å²) in [4.78, 5) is 32.4. The second-order valence-electron chi connectivity index (χ2n) is 11.7. The molecule has 9 nitrogen and oxygen atoms in total. The Kier molecular flexibility index (Phi) is 6.10. The van der Waals surface area contributed by atoms with E-state index in [1.165, 1.54) is 21.7 Å². The van der Waals surface area contributed by atoms with Gasteiger partial charge in [-0.25, -0.2) is 9.50 Å². The Morgan fingerprint density at radius 3 is 2.58 bits per heavy atom. The highest BCUT2D eigenvalue weighted by Crippen LogP contribution is 2.43. The number of amides is 2. The first-order valence-corrected chi connectivity index (χ1v) is 13.6. The lowest BCUT2D eigenvalue weighted by Crippen LogP contribution is -2.42. The van der Waals surface area contributed by atoms with E-state index < -0.39 is 29.2 Å². The number of anilines is 1. The number of alkyl halides is 3. The molecule has 2 amide bonds. The molecule has 40 heavy (non-hydrogen) atoms. The van der Waals surface area contributed by atoms with Crippen molar-refractivity contribution in [2.24, 2.45) is 5.92 Å². The van der Waals surface area contributed by atoms with Crippen molar-refractivity contribution in [3.8, 4) is 11.3 Å². The Morgan fingerprint density at radius 2 is 1.93 bits per heavy atom. The number of nitrogen functional groups attached to an aromatic ring is 1. The number of rotatable bonds is 5. The fourth-order valence-electron chi connectivity index (χ4n) is 5.98. The maximum Gasteiger partial charge on any atom is 0.417 e. The summed E-state index contributed by atoms with van der Waals surface area (Å²) in [5, 5.41) is 17.3. The molecule has 0 radical (unpaired) electrons. The molecule has 1 atom stereocenters. The van der Waals surface area contributed by atoms with Gasteiger partial charge in [-0.2, -0.15) is 13.2 Å². The number of hydrogen-bond donors (Lipinski definition) is 3. The molecule has 12 heteroatoms. The van der Waals surface area contributed by atoms with Crippen LogP contribution in [0.4, 0.5) is 19.0 Å². The van der Waals surface area contributed by atoms with Gasteiger partial charge in [0.05, 0.1) is 22.4 Å². The summed E-state index contributed by atoms with van der Waals surface area (Å²) in [5.74, 6) is -0.813. The third kappa shape index (κ3) is 4.67. The van der Waals surface area contributed by atoms with Crippen molar-refractivity contribution in [3.05, 3.63) is 46.6 Å². The van der Waals surface area contributed by atoms with Crippen LogP contribution in [0.2, 0.25) is 0 Å². The minimum absolute atomic E-state index is 0.0380. The lowest BCUT2D eigenvalue weighted by Gasteiger charge is -2.33. The molecule has 0 saturated heterocycles. The maximum absolute atomic E-state index is 14.2. The zero-order valence-electron chi connectivity index (χ0n) is 22.3. The van der Waals surface area contributed by atoms with Crippen molar-refractivity contribution < 1.29 is 27.9 Å². The smallest absolute Gasteiger partial charge is 0.390 e. The van der Waals surface area contributed by atoms with Crippen LogP contribution in [0.3, 0.4) is 0 Å². The van der Waals surface area contributed by atoms with Crippen molar-refractivity contribution in [1.82, 2.24) is 24.8 Å². The van der Waals surface area contributed by atoms with E-state index in [0.29, 0.717) is 37.2 Å². The van der Waals surface area contributed by atoms with Crippen LogP contribution >= 0.6 is 0 Å². The number of aliphatic hydroxyl groups is 1. The van der Waals surface area contributed by atoms with Gasteiger partial charge in [0.15, 0.2) is 11.5 Å². The van der Waals surface area contributed by atoms with Gasteiger partial charge >= 0.3 is 6.18 Å². The summed E-state index contributed by atoms with van der Waals surface area (Å²) >= 11 is 0. The molecule has 3 aliphatic rings. The standard InChI is InChI=1S/C28H31F3N6O3/c1-14(15-3-4-15)36-13-17-11-16(12-19(28(29,30)31)21(17)26(36)39)20-7-10-37-24(34-20)22(23(32)35-37)25(38)33-18-5-8-27(2,40)9-6-18/h7,10-12,14-15,18,40H,3-6,8-9,13H2,1-2H3,(H2,32,35)(H,33,38)/t14?,18-,27+. The maximum atomic E-state index is 14.2. The van der Waals surface area contributed by atoms with E-state index in [1.54, 1.807) is 13.0 Å². The van der Waals surface area contributed by atoms with Crippen molar-refractivity contribution >= 4 is 23.3 Å². The van der Waals surface area contributed by atoms with E-state index in [4.69, 9.17) is 5.73 Å². The van der Waals surface area contributed by atoms with Crippen LogP contribution in [-0.4, -0.2) is 54.1 Å². The van der Waals surface area contributed by atoms with E-state index in [-0.39, 0.29) is 52.5 Å². The number of fused-ring (bicyclic) bond motifs is 2. The number of nitrogens with zero attached hydrogens (tertiary/aromatic N) is 4. The monoisotopic (exact) mass is 556 g/mol. The highest BCUT2D eigenvalue weighted by molar-refractivity contribution is 6.04. The molecule has 212 valence electrons. The molecule has 2 saturated carbocycles. The summed E-state index contributed by atoms with van der Waals surface area (Å²) < 4.78 is 44.0. The highest BCUT2D eigenvalue weighted by Gasteiger charge is 2.44. The van der Waals surface area contributed by atoms with Gasteiger partial charge < -0.3 is 21.1 Å². The minimum Gasteiger partial charge on any atom is -0.390 e. The van der Waals surface area contributed by atoms with Gasteiger partial charge in [0.2, 0.25) is 0 Å².